The van der Waals surface area contributed by atoms with Crippen molar-refractivity contribution in [3.8, 4) is 11.5 Å². The van der Waals surface area contributed by atoms with Gasteiger partial charge in [-0.15, -0.1) is 0 Å². The number of hydrogen-bond donors (Lipinski definition) is 0. The molecule has 0 aliphatic carbocycles. The van der Waals surface area contributed by atoms with Crippen LogP contribution in [0.15, 0.2) is 24.3 Å². The molecule has 0 saturated heterocycles. The second-order valence-corrected chi connectivity index (χ2v) is 17.4. The summed E-state index contributed by atoms with van der Waals surface area (Å²) in [5.74, 6) is 2.40. The minimum Gasteiger partial charge on any atom is -0.417 e. The van der Waals surface area contributed by atoms with E-state index in [0.29, 0.717) is 12.5 Å². The lowest BCUT2D eigenvalue weighted by Gasteiger charge is -2.34. The van der Waals surface area contributed by atoms with Gasteiger partial charge in [0.05, 0.1) is 6.61 Å². The number of benzene rings is 2. The molecule has 0 spiro atoms. The molecular weight excluding hydrogens is 523 g/mol. The fraction of sp³-hybridized carbons (Fsp3) is 0.676. The summed E-state index contributed by atoms with van der Waals surface area (Å²) in [5, 5.41) is 0. The van der Waals surface area contributed by atoms with Gasteiger partial charge in [0.1, 0.15) is 11.5 Å². The molecule has 1 aliphatic rings. The number of rotatable bonds is 7. The summed E-state index contributed by atoms with van der Waals surface area (Å²) in [4.78, 5) is 0. The number of fused-ring (bicyclic) bond motifs is 2. The minimum atomic E-state index is -1.64. The van der Waals surface area contributed by atoms with Gasteiger partial charge < -0.3 is 9.05 Å². The van der Waals surface area contributed by atoms with Gasteiger partial charge in [0, 0.05) is 17.5 Å². The van der Waals surface area contributed by atoms with Crippen LogP contribution in [0.1, 0.15) is 156 Å². The van der Waals surface area contributed by atoms with Crippen molar-refractivity contribution in [3.05, 3.63) is 57.6 Å². The molecule has 1 aliphatic heterocycles. The molecule has 0 amide bonds. The van der Waals surface area contributed by atoms with Crippen molar-refractivity contribution in [2.24, 2.45) is 5.92 Å². The van der Waals surface area contributed by atoms with Crippen LogP contribution in [0, 0.1) is 5.92 Å². The van der Waals surface area contributed by atoms with Crippen LogP contribution in [-0.4, -0.2) is 6.61 Å². The number of unbranched alkanes of at least 4 members (excludes halogenated alkanes) is 1. The molecule has 3 nitrogen and oxygen atoms in total. The van der Waals surface area contributed by atoms with E-state index in [4.69, 9.17) is 13.6 Å². The first-order valence-corrected chi connectivity index (χ1v) is 17.0. The zero-order chi connectivity index (χ0) is 31.0. The van der Waals surface area contributed by atoms with Crippen LogP contribution in [0.25, 0.3) is 0 Å². The van der Waals surface area contributed by atoms with Crippen molar-refractivity contribution >= 4 is 8.60 Å². The molecule has 0 radical (unpaired) electrons. The van der Waals surface area contributed by atoms with Crippen LogP contribution in [-0.2, 0) is 32.6 Å². The van der Waals surface area contributed by atoms with Crippen LogP contribution in [0.5, 0.6) is 11.5 Å². The zero-order valence-corrected chi connectivity index (χ0v) is 29.7. The van der Waals surface area contributed by atoms with Crippen LogP contribution in [0.2, 0.25) is 0 Å². The smallest absolute Gasteiger partial charge is 0.417 e. The maximum atomic E-state index is 6.90. The van der Waals surface area contributed by atoms with Gasteiger partial charge in [-0.1, -0.05) is 140 Å². The van der Waals surface area contributed by atoms with Gasteiger partial charge in [0.15, 0.2) is 0 Å². The van der Waals surface area contributed by atoms with Crippen molar-refractivity contribution in [2.75, 3.05) is 6.61 Å². The zero-order valence-electron chi connectivity index (χ0n) is 28.8. The normalized spacial score (nSPS) is 15.8. The largest absolute Gasteiger partial charge is 0.463 e. The van der Waals surface area contributed by atoms with E-state index in [1.54, 1.807) is 0 Å². The molecule has 0 fully saturated rings. The minimum absolute atomic E-state index is 0.0232. The maximum Gasteiger partial charge on any atom is 0.463 e. The van der Waals surface area contributed by atoms with E-state index in [1.165, 1.54) is 52.6 Å². The molecule has 230 valence electrons. The molecule has 1 heterocycles. The van der Waals surface area contributed by atoms with Gasteiger partial charge in [-0.2, -0.15) is 0 Å². The molecule has 0 bridgehead atoms. The first-order chi connectivity index (χ1) is 18.8. The molecule has 0 saturated carbocycles. The average Bonchev–Trinajstić information content (AvgIpc) is 2.81. The van der Waals surface area contributed by atoms with Crippen LogP contribution >= 0.6 is 8.60 Å². The first kappa shape index (κ1) is 33.9. The molecule has 0 aromatic heterocycles. The van der Waals surface area contributed by atoms with E-state index in [0.717, 1.165) is 24.3 Å². The topological polar surface area (TPSA) is 27.7 Å². The Hall–Kier alpha value is -1.57. The Morgan fingerprint density at radius 1 is 0.683 bits per heavy atom. The third-order valence-corrected chi connectivity index (χ3v) is 9.37. The maximum absolute atomic E-state index is 6.90. The van der Waals surface area contributed by atoms with E-state index in [-0.39, 0.29) is 21.7 Å². The highest BCUT2D eigenvalue weighted by atomic mass is 31.2. The van der Waals surface area contributed by atoms with Crippen molar-refractivity contribution in [3.63, 3.8) is 0 Å². The molecule has 0 N–H and O–H groups in total. The van der Waals surface area contributed by atoms with Gasteiger partial charge in [-0.05, 0) is 56.3 Å². The van der Waals surface area contributed by atoms with E-state index >= 15 is 0 Å². The molecular formula is C37H59O3P. The SMILES string of the molecule is CCCCC(CC)COP1Oc2c(cc(C(C)(C)C)cc2C(C)(C)C)Cc2cc(C(C)(C)C)cc(C(C)(C)C)c2O1. The molecule has 1 unspecified atom stereocenters. The highest BCUT2D eigenvalue weighted by Gasteiger charge is 2.35. The van der Waals surface area contributed by atoms with E-state index in [2.05, 4.69) is 121 Å². The monoisotopic (exact) mass is 582 g/mol. The lowest BCUT2D eigenvalue weighted by atomic mass is 9.76. The Morgan fingerprint density at radius 3 is 1.46 bits per heavy atom. The molecule has 41 heavy (non-hydrogen) atoms. The standard InChI is InChI=1S/C37H59O3P/c1-15-17-18-25(16-2)24-38-41-39-32-26(20-28(34(3,4)5)22-30(32)36(9,10)11)19-27-21-29(35(6,7)8)23-31(33(27)40-41)37(12,13)14/h20-23,25H,15-19,24H2,1-14H3. The molecule has 2 aromatic carbocycles. The Morgan fingerprint density at radius 2 is 1.12 bits per heavy atom. The van der Waals surface area contributed by atoms with Crippen LogP contribution in [0.4, 0.5) is 0 Å². The van der Waals surface area contributed by atoms with Gasteiger partial charge in [-0.3, -0.25) is 4.52 Å². The third kappa shape index (κ3) is 8.51. The second kappa shape index (κ2) is 12.6. The Labute approximate surface area is 254 Å². The molecule has 4 heteroatoms. The van der Waals surface area contributed by atoms with Crippen LogP contribution < -0.4 is 9.05 Å². The summed E-state index contributed by atoms with van der Waals surface area (Å²) in [7, 11) is -1.64. The lowest BCUT2D eigenvalue weighted by Crippen LogP contribution is -2.22. The number of hydrogen-bond acceptors (Lipinski definition) is 3. The predicted octanol–water partition coefficient (Wildman–Crippen LogP) is 11.7. The first-order valence-electron chi connectivity index (χ1n) is 15.9. The fourth-order valence-corrected chi connectivity index (χ4v) is 6.53. The van der Waals surface area contributed by atoms with Crippen LogP contribution in [0.3, 0.4) is 0 Å². The Bertz CT molecular complexity index is 1100. The van der Waals surface area contributed by atoms with Gasteiger partial charge in [0.25, 0.3) is 0 Å². The highest BCUT2D eigenvalue weighted by molar-refractivity contribution is 7.42. The summed E-state index contributed by atoms with van der Waals surface area (Å²) in [6.45, 7) is 32.7. The van der Waals surface area contributed by atoms with Crippen molar-refractivity contribution < 1.29 is 13.6 Å². The lowest BCUT2D eigenvalue weighted by molar-refractivity contribution is 0.205. The van der Waals surface area contributed by atoms with Gasteiger partial charge in [0.2, 0.25) is 0 Å². The second-order valence-electron chi connectivity index (χ2n) is 16.3. The summed E-state index contributed by atoms with van der Waals surface area (Å²) in [5.41, 5.74) is 7.45. The van der Waals surface area contributed by atoms with Crippen molar-refractivity contribution in [2.45, 2.75) is 151 Å². The summed E-state index contributed by atoms with van der Waals surface area (Å²) < 4.78 is 20.4. The predicted molar refractivity (Wildman–Crippen MR) is 178 cm³/mol. The van der Waals surface area contributed by atoms with Gasteiger partial charge >= 0.3 is 8.60 Å². The average molecular weight is 583 g/mol. The summed E-state index contributed by atoms with van der Waals surface area (Å²) in [6, 6.07) is 9.47. The molecule has 3 rings (SSSR count). The summed E-state index contributed by atoms with van der Waals surface area (Å²) >= 11 is 0. The quantitative estimate of drug-likeness (QED) is 0.304. The molecule has 2 aromatic rings. The Balaban J connectivity index is 2.29. The molecule has 1 atom stereocenters. The van der Waals surface area contributed by atoms with E-state index in [9.17, 15) is 0 Å². The van der Waals surface area contributed by atoms with E-state index in [1.807, 2.05) is 0 Å². The van der Waals surface area contributed by atoms with Gasteiger partial charge in [-0.25, -0.2) is 0 Å². The van der Waals surface area contributed by atoms with Crippen molar-refractivity contribution in [1.82, 2.24) is 0 Å². The van der Waals surface area contributed by atoms with Crippen molar-refractivity contribution in [1.29, 1.82) is 0 Å². The fourth-order valence-electron chi connectivity index (χ4n) is 5.33. The van der Waals surface area contributed by atoms with E-state index < -0.39 is 8.60 Å². The summed E-state index contributed by atoms with van der Waals surface area (Å²) in [6.07, 6.45) is 5.46. The Kier molecular flexibility index (Phi) is 10.4. The highest BCUT2D eigenvalue weighted by Crippen LogP contribution is 2.53. The third-order valence-electron chi connectivity index (χ3n) is 8.35.